The molecule has 0 heterocycles. The number of hydrogen-bond donors (Lipinski definition) is 3. The minimum atomic E-state index is -3.69. The Labute approximate surface area is 82.2 Å². The van der Waals surface area contributed by atoms with Gasteiger partial charge in [0.15, 0.2) is 0 Å². The Kier molecular flexibility index (Phi) is 9.54. The van der Waals surface area contributed by atoms with E-state index in [9.17, 15) is 0 Å². The van der Waals surface area contributed by atoms with E-state index in [1.54, 1.807) is 0 Å². The Morgan fingerprint density at radius 2 is 1.60 bits per heavy atom. The van der Waals surface area contributed by atoms with Crippen molar-refractivity contribution in [2.24, 2.45) is 0 Å². The zero-order valence-electron chi connectivity index (χ0n) is 6.38. The van der Waals surface area contributed by atoms with Gasteiger partial charge in [-0.15, -0.1) is 0 Å². The Hall–Kier alpha value is 1.23. The van der Waals surface area contributed by atoms with Crippen LogP contribution in [-0.4, -0.2) is 20.8 Å². The summed E-state index contributed by atoms with van der Waals surface area (Å²) in [5, 5.41) is 0. The van der Waals surface area contributed by atoms with Crippen molar-refractivity contribution >= 4 is 7.94 Å². The van der Waals surface area contributed by atoms with Crippen LogP contribution in [0.4, 0.5) is 0 Å². The largest absolute Gasteiger partial charge is 0 e. The van der Waals surface area contributed by atoms with Gasteiger partial charge in [0, 0.05) is 27.3 Å². The molecule has 10 heavy (non-hydrogen) atoms. The fourth-order valence-corrected chi connectivity index (χ4v) is 1.34. The zero-order valence-corrected chi connectivity index (χ0v) is 11.4. The van der Waals surface area contributed by atoms with Crippen molar-refractivity contribution in [1.82, 2.24) is 0 Å². The summed E-state index contributed by atoms with van der Waals surface area (Å²) in [5.41, 5.74) is 0. The van der Waals surface area contributed by atoms with Crippen LogP contribution in [0, 0.1) is 0 Å². The van der Waals surface area contributed by atoms with Crippen molar-refractivity contribution in [3.63, 3.8) is 0 Å². The molecule has 0 aliphatic carbocycles. The first-order valence-corrected chi connectivity index (χ1v) is 5.28. The van der Waals surface area contributed by atoms with Gasteiger partial charge in [-0.2, -0.15) is 0 Å². The van der Waals surface area contributed by atoms with Gasteiger partial charge < -0.3 is 0 Å². The van der Waals surface area contributed by atoms with Crippen LogP contribution in [0.2, 0.25) is 0 Å². The summed E-state index contributed by atoms with van der Waals surface area (Å²) in [5.74, 6) is 0. The molecule has 0 rings (SSSR count). The molecular formula is C5H15CdO3P. The molecule has 0 aliphatic rings. The predicted molar refractivity (Wildman–Crippen MR) is 39.4 cm³/mol. The Morgan fingerprint density at radius 1 is 1.10 bits per heavy atom. The quantitative estimate of drug-likeness (QED) is 0.398. The van der Waals surface area contributed by atoms with Gasteiger partial charge in [0.25, 0.3) is 0 Å². The molecule has 0 aromatic heterocycles. The van der Waals surface area contributed by atoms with Crippen molar-refractivity contribution in [3.8, 4) is 0 Å². The summed E-state index contributed by atoms with van der Waals surface area (Å²) in [6.07, 6.45) is 2.88. The van der Waals surface area contributed by atoms with E-state index in [1.165, 1.54) is 0 Å². The summed E-state index contributed by atoms with van der Waals surface area (Å²) in [6, 6.07) is 0. The van der Waals surface area contributed by atoms with Crippen LogP contribution in [0.25, 0.3) is 0 Å². The van der Waals surface area contributed by atoms with Crippen LogP contribution in [-0.2, 0) is 27.3 Å². The molecule has 0 atom stereocenters. The fourth-order valence-electron chi connectivity index (χ4n) is 0.612. The molecule has 0 bridgehead atoms. The summed E-state index contributed by atoms with van der Waals surface area (Å²) >= 11 is 0. The van der Waals surface area contributed by atoms with Crippen LogP contribution in [0.1, 0.15) is 26.2 Å². The molecule has 60 valence electrons. The van der Waals surface area contributed by atoms with Gasteiger partial charge in [-0.1, -0.05) is 0 Å². The molecule has 0 unspecified atom stereocenters. The van der Waals surface area contributed by atoms with Gasteiger partial charge in [0.05, 0.1) is 0 Å². The van der Waals surface area contributed by atoms with Crippen LogP contribution in [0.3, 0.4) is 0 Å². The van der Waals surface area contributed by atoms with Crippen molar-refractivity contribution in [2.75, 3.05) is 6.16 Å². The van der Waals surface area contributed by atoms with Crippen LogP contribution < -0.4 is 0 Å². The second-order valence-corrected chi connectivity index (χ2v) is 4.28. The van der Waals surface area contributed by atoms with Gasteiger partial charge >= 0.3 is 55.0 Å². The molecule has 0 aromatic rings. The summed E-state index contributed by atoms with van der Waals surface area (Å²) in [7, 11) is -3.69. The van der Waals surface area contributed by atoms with Crippen molar-refractivity contribution in [1.29, 1.82) is 0 Å². The molecule has 3 nitrogen and oxygen atoms in total. The van der Waals surface area contributed by atoms with Gasteiger partial charge in [0.1, 0.15) is 0 Å². The second-order valence-electron chi connectivity index (χ2n) is 2.23. The summed E-state index contributed by atoms with van der Waals surface area (Å²) in [6.45, 7) is 2.02. The second kappa shape index (κ2) is 6.91. The Morgan fingerprint density at radius 3 is 1.90 bits per heavy atom. The average Bonchev–Trinajstić information content (AvgIpc) is 1.63. The summed E-state index contributed by atoms with van der Waals surface area (Å²) in [4.78, 5) is 25.5. The minimum absolute atomic E-state index is 0. The average molecular weight is 267 g/mol. The van der Waals surface area contributed by atoms with Gasteiger partial charge in [0.2, 0.25) is 0 Å². The van der Waals surface area contributed by atoms with E-state index < -0.39 is 7.94 Å². The van der Waals surface area contributed by atoms with Crippen LogP contribution in [0.15, 0.2) is 0 Å². The Bertz CT molecular complexity index is 73.8. The minimum Gasteiger partial charge on any atom is 0 e. The molecule has 0 saturated heterocycles. The number of hydrogen-bond acceptors (Lipinski definition) is 3. The first-order chi connectivity index (χ1) is 4.06. The molecule has 3 N–H and O–H groups in total. The normalized spacial score (nSPS) is 12.4. The van der Waals surface area contributed by atoms with Crippen LogP contribution >= 0.6 is 7.94 Å². The summed E-state index contributed by atoms with van der Waals surface area (Å²) < 4.78 is 0. The molecular weight excluding hydrogens is 251 g/mol. The smallest absolute Gasteiger partial charge is 0 e. The molecule has 0 radical (unpaired) electrons. The maximum Gasteiger partial charge on any atom is 0 e. The topological polar surface area (TPSA) is 60.7 Å². The maximum atomic E-state index is 8.49. The van der Waals surface area contributed by atoms with Crippen LogP contribution in [0.5, 0.6) is 0 Å². The van der Waals surface area contributed by atoms with Crippen molar-refractivity contribution in [2.45, 2.75) is 26.2 Å². The number of rotatable bonds is 4. The zero-order chi connectivity index (χ0) is 7.33. The molecule has 0 aliphatic heterocycles. The third kappa shape index (κ3) is 12.0. The Balaban J connectivity index is 0. The van der Waals surface area contributed by atoms with E-state index in [0.29, 0.717) is 6.42 Å². The standard InChI is InChI=1S/C5H15O3P.Cd/c1-2-3-4-5-9(6,7)8;/h6-9H,2-5H2,1H3;. The third-order valence-electron chi connectivity index (χ3n) is 1.12. The first kappa shape index (κ1) is 13.8. The maximum absolute atomic E-state index is 8.49. The number of unbranched alkanes of at least 4 members (excludes halogenated alkanes) is 2. The predicted octanol–water partition coefficient (Wildman–Crippen LogP) is 0.646. The molecule has 0 amide bonds. The van der Waals surface area contributed by atoms with E-state index in [1.807, 2.05) is 6.92 Å². The third-order valence-corrected chi connectivity index (χ3v) is 2.14. The molecule has 0 fully saturated rings. The van der Waals surface area contributed by atoms with E-state index >= 15 is 0 Å². The SMILES string of the molecule is CCCCC[PH](O)(O)O.[Cd]. The van der Waals surface area contributed by atoms with Gasteiger partial charge in [-0.25, -0.2) is 0 Å². The van der Waals surface area contributed by atoms with E-state index in [2.05, 4.69) is 0 Å². The molecule has 5 heteroatoms. The monoisotopic (exact) mass is 268 g/mol. The van der Waals surface area contributed by atoms with Gasteiger partial charge in [-0.3, -0.25) is 0 Å². The van der Waals surface area contributed by atoms with E-state index in [-0.39, 0.29) is 33.5 Å². The molecule has 0 aromatic carbocycles. The van der Waals surface area contributed by atoms with Crippen molar-refractivity contribution in [3.05, 3.63) is 0 Å². The first-order valence-electron chi connectivity index (χ1n) is 3.23. The van der Waals surface area contributed by atoms with E-state index in [0.717, 1.165) is 12.8 Å². The molecule has 0 spiro atoms. The fraction of sp³-hybridized carbons (Fsp3) is 1.00. The van der Waals surface area contributed by atoms with E-state index in [4.69, 9.17) is 14.7 Å². The molecule has 0 saturated carbocycles. The van der Waals surface area contributed by atoms with Gasteiger partial charge in [-0.05, 0) is 0 Å². The van der Waals surface area contributed by atoms with Crippen molar-refractivity contribution < 1.29 is 42.0 Å².